The molecule has 2 atom stereocenters. The van der Waals surface area contributed by atoms with Crippen molar-refractivity contribution in [1.82, 2.24) is 4.98 Å². The smallest absolute Gasteiger partial charge is 0.129 e. The summed E-state index contributed by atoms with van der Waals surface area (Å²) in [7, 11) is 3.40. The third-order valence-electron chi connectivity index (χ3n) is 3.07. The molecule has 19 heavy (non-hydrogen) atoms. The Morgan fingerprint density at radius 2 is 2.05 bits per heavy atom. The number of rotatable bonds is 8. The van der Waals surface area contributed by atoms with E-state index in [4.69, 9.17) is 15.2 Å². The molecule has 0 amide bonds. The molecule has 0 fully saturated rings. The molecule has 2 N–H and O–H groups in total. The first-order chi connectivity index (χ1) is 9.10. The second-order valence-electron chi connectivity index (χ2n) is 4.73. The number of pyridine rings is 1. The molecule has 0 bridgehead atoms. The molecular formula is C14H25N3O2. The Balaban J connectivity index is 2.92. The SMILES string of the molecule is COCCN(c1cc([C@H](C)N)ccn1)C(C)COC. The summed E-state index contributed by atoms with van der Waals surface area (Å²) >= 11 is 0. The lowest BCUT2D eigenvalue weighted by atomic mass is 10.1. The Bertz CT molecular complexity index is 371. The second kappa shape index (κ2) is 8.09. The lowest BCUT2D eigenvalue weighted by molar-refractivity contribution is 0.170. The van der Waals surface area contributed by atoms with Gasteiger partial charge in [-0.25, -0.2) is 4.98 Å². The third kappa shape index (κ3) is 4.78. The monoisotopic (exact) mass is 267 g/mol. The van der Waals surface area contributed by atoms with Gasteiger partial charge in [-0.15, -0.1) is 0 Å². The van der Waals surface area contributed by atoms with Gasteiger partial charge >= 0.3 is 0 Å². The molecule has 0 aromatic carbocycles. The van der Waals surface area contributed by atoms with E-state index in [1.54, 1.807) is 20.4 Å². The molecule has 0 radical (unpaired) electrons. The van der Waals surface area contributed by atoms with Gasteiger partial charge in [-0.1, -0.05) is 0 Å². The Morgan fingerprint density at radius 3 is 2.63 bits per heavy atom. The first-order valence-electron chi connectivity index (χ1n) is 6.56. The first kappa shape index (κ1) is 15.9. The molecule has 5 heteroatoms. The van der Waals surface area contributed by atoms with Crippen LogP contribution in [0.5, 0.6) is 0 Å². The fourth-order valence-corrected chi connectivity index (χ4v) is 1.96. The van der Waals surface area contributed by atoms with Crippen LogP contribution in [0.25, 0.3) is 0 Å². The van der Waals surface area contributed by atoms with Gasteiger partial charge in [0.1, 0.15) is 5.82 Å². The molecule has 1 rings (SSSR count). The molecule has 1 unspecified atom stereocenters. The van der Waals surface area contributed by atoms with E-state index < -0.39 is 0 Å². The van der Waals surface area contributed by atoms with Crippen molar-refractivity contribution < 1.29 is 9.47 Å². The Hall–Kier alpha value is -1.17. The highest BCUT2D eigenvalue weighted by molar-refractivity contribution is 5.42. The number of ether oxygens (including phenoxy) is 2. The second-order valence-corrected chi connectivity index (χ2v) is 4.73. The summed E-state index contributed by atoms with van der Waals surface area (Å²) < 4.78 is 10.4. The topological polar surface area (TPSA) is 60.6 Å². The van der Waals surface area contributed by atoms with E-state index in [9.17, 15) is 0 Å². The Kier molecular flexibility index (Phi) is 6.77. The lowest BCUT2D eigenvalue weighted by Crippen LogP contribution is -2.39. The van der Waals surface area contributed by atoms with Crippen LogP contribution in [-0.2, 0) is 9.47 Å². The minimum Gasteiger partial charge on any atom is -0.383 e. The van der Waals surface area contributed by atoms with E-state index >= 15 is 0 Å². The van der Waals surface area contributed by atoms with Crippen LogP contribution in [0.1, 0.15) is 25.5 Å². The van der Waals surface area contributed by atoms with E-state index in [-0.39, 0.29) is 12.1 Å². The quantitative estimate of drug-likeness (QED) is 0.775. The summed E-state index contributed by atoms with van der Waals surface area (Å²) in [5.41, 5.74) is 7.00. The summed E-state index contributed by atoms with van der Waals surface area (Å²) in [4.78, 5) is 6.62. The molecular weight excluding hydrogens is 242 g/mol. The van der Waals surface area contributed by atoms with Gasteiger partial charge in [0.2, 0.25) is 0 Å². The van der Waals surface area contributed by atoms with Crippen LogP contribution in [0, 0.1) is 0 Å². The maximum Gasteiger partial charge on any atom is 0.129 e. The van der Waals surface area contributed by atoms with Crippen LogP contribution in [0.2, 0.25) is 0 Å². The zero-order chi connectivity index (χ0) is 14.3. The number of nitrogens with two attached hydrogens (primary N) is 1. The third-order valence-corrected chi connectivity index (χ3v) is 3.07. The van der Waals surface area contributed by atoms with Crippen molar-refractivity contribution in [2.75, 3.05) is 38.9 Å². The van der Waals surface area contributed by atoms with Crippen LogP contribution < -0.4 is 10.6 Å². The van der Waals surface area contributed by atoms with Crippen LogP contribution in [0.4, 0.5) is 5.82 Å². The number of hydrogen-bond donors (Lipinski definition) is 1. The van der Waals surface area contributed by atoms with Crippen molar-refractivity contribution in [2.45, 2.75) is 25.9 Å². The Morgan fingerprint density at radius 1 is 1.32 bits per heavy atom. The van der Waals surface area contributed by atoms with Crippen molar-refractivity contribution in [3.05, 3.63) is 23.9 Å². The minimum absolute atomic E-state index is 0.00348. The first-order valence-corrected chi connectivity index (χ1v) is 6.56. The van der Waals surface area contributed by atoms with Crippen LogP contribution in [0.15, 0.2) is 18.3 Å². The van der Waals surface area contributed by atoms with Crippen molar-refractivity contribution in [2.24, 2.45) is 5.73 Å². The number of aromatic nitrogens is 1. The summed E-state index contributed by atoms with van der Waals surface area (Å²) in [6.07, 6.45) is 1.80. The average Bonchev–Trinajstić information content (AvgIpc) is 2.40. The zero-order valence-electron chi connectivity index (χ0n) is 12.3. The summed E-state index contributed by atoms with van der Waals surface area (Å²) in [6, 6.07) is 4.22. The lowest BCUT2D eigenvalue weighted by Gasteiger charge is -2.30. The molecule has 0 saturated carbocycles. The van der Waals surface area contributed by atoms with E-state index in [0.717, 1.165) is 17.9 Å². The number of hydrogen-bond acceptors (Lipinski definition) is 5. The highest BCUT2D eigenvalue weighted by atomic mass is 16.5. The standard InChI is InChI=1S/C14H25N3O2/c1-11(10-19-4)17(7-8-18-3)14-9-13(12(2)15)5-6-16-14/h5-6,9,11-12H,7-8,10,15H2,1-4H3/t11?,12-/m0/s1. The molecule has 1 heterocycles. The molecule has 5 nitrogen and oxygen atoms in total. The van der Waals surface area contributed by atoms with Gasteiger partial charge in [0, 0.05) is 33.0 Å². The summed E-state index contributed by atoms with van der Waals surface area (Å²) in [5.74, 6) is 0.913. The van der Waals surface area contributed by atoms with Crippen LogP contribution >= 0.6 is 0 Å². The van der Waals surface area contributed by atoms with Gasteiger partial charge in [-0.2, -0.15) is 0 Å². The van der Waals surface area contributed by atoms with Crippen molar-refractivity contribution in [3.8, 4) is 0 Å². The van der Waals surface area contributed by atoms with Crippen LogP contribution in [-0.4, -0.2) is 45.0 Å². The minimum atomic E-state index is 0.00348. The van der Waals surface area contributed by atoms with E-state index in [1.807, 2.05) is 19.1 Å². The Labute approximate surface area is 115 Å². The molecule has 0 aliphatic heterocycles. The van der Waals surface area contributed by atoms with Gasteiger partial charge in [0.05, 0.1) is 19.3 Å². The van der Waals surface area contributed by atoms with Crippen LogP contribution in [0.3, 0.4) is 0 Å². The zero-order valence-corrected chi connectivity index (χ0v) is 12.3. The highest BCUT2D eigenvalue weighted by Gasteiger charge is 2.16. The van der Waals surface area contributed by atoms with E-state index in [2.05, 4.69) is 16.8 Å². The fraction of sp³-hybridized carbons (Fsp3) is 0.643. The van der Waals surface area contributed by atoms with Gasteiger partial charge in [-0.3, -0.25) is 0 Å². The predicted molar refractivity (Wildman–Crippen MR) is 77.4 cm³/mol. The van der Waals surface area contributed by atoms with Gasteiger partial charge in [0.25, 0.3) is 0 Å². The molecule has 0 spiro atoms. The largest absolute Gasteiger partial charge is 0.383 e. The molecule has 108 valence electrons. The summed E-state index contributed by atoms with van der Waals surface area (Å²) in [5, 5.41) is 0. The maximum atomic E-state index is 5.92. The maximum absolute atomic E-state index is 5.92. The average molecular weight is 267 g/mol. The number of anilines is 1. The molecule has 0 aliphatic carbocycles. The highest BCUT2D eigenvalue weighted by Crippen LogP contribution is 2.18. The predicted octanol–water partition coefficient (Wildman–Crippen LogP) is 1.59. The molecule has 1 aromatic heterocycles. The van der Waals surface area contributed by atoms with Crippen molar-refractivity contribution in [1.29, 1.82) is 0 Å². The van der Waals surface area contributed by atoms with E-state index in [1.165, 1.54) is 0 Å². The normalized spacial score (nSPS) is 14.2. The number of nitrogens with zero attached hydrogens (tertiary/aromatic N) is 2. The van der Waals surface area contributed by atoms with Crippen molar-refractivity contribution in [3.63, 3.8) is 0 Å². The van der Waals surface area contributed by atoms with E-state index in [0.29, 0.717) is 13.2 Å². The van der Waals surface area contributed by atoms with Gasteiger partial charge in [-0.05, 0) is 31.5 Å². The molecule has 1 aromatic rings. The van der Waals surface area contributed by atoms with Gasteiger partial charge in [0.15, 0.2) is 0 Å². The summed E-state index contributed by atoms with van der Waals surface area (Å²) in [6.45, 7) is 6.15. The molecule has 0 aliphatic rings. The van der Waals surface area contributed by atoms with Crippen molar-refractivity contribution >= 4 is 5.82 Å². The fourth-order valence-electron chi connectivity index (χ4n) is 1.96. The molecule has 0 saturated heterocycles. The van der Waals surface area contributed by atoms with Gasteiger partial charge < -0.3 is 20.1 Å². The number of methoxy groups -OCH3 is 2.